The maximum absolute atomic E-state index is 12.4. The number of allylic oxidation sites excluding steroid dienone is 1. The first kappa shape index (κ1) is 17.9. The summed E-state index contributed by atoms with van der Waals surface area (Å²) in [5.74, 6) is -0.626. The fourth-order valence-electron chi connectivity index (χ4n) is 3.21. The van der Waals surface area contributed by atoms with E-state index in [0.717, 1.165) is 19.3 Å². The van der Waals surface area contributed by atoms with Crippen LogP contribution in [0, 0.1) is 11.3 Å². The Kier molecular flexibility index (Phi) is 5.74. The summed E-state index contributed by atoms with van der Waals surface area (Å²) in [4.78, 5) is 23.8. The quantitative estimate of drug-likeness (QED) is 0.625. The van der Waals surface area contributed by atoms with Crippen molar-refractivity contribution in [1.29, 1.82) is 0 Å². The Balaban J connectivity index is 2.87. The van der Waals surface area contributed by atoms with Gasteiger partial charge in [-0.2, -0.15) is 0 Å². The van der Waals surface area contributed by atoms with E-state index in [1.54, 1.807) is 13.8 Å². The van der Waals surface area contributed by atoms with Gasteiger partial charge in [0, 0.05) is 12.5 Å². The Labute approximate surface area is 127 Å². The van der Waals surface area contributed by atoms with Crippen LogP contribution in [0.4, 0.5) is 0 Å². The van der Waals surface area contributed by atoms with Crippen molar-refractivity contribution in [1.82, 2.24) is 0 Å². The molecule has 0 aromatic heterocycles. The lowest BCUT2D eigenvalue weighted by atomic mass is 9.59. The van der Waals surface area contributed by atoms with Crippen molar-refractivity contribution in [3.63, 3.8) is 0 Å². The maximum Gasteiger partial charge on any atom is 0.331 e. The number of ether oxygens (including phenoxy) is 1. The second-order valence-electron chi connectivity index (χ2n) is 6.78. The molecule has 0 radical (unpaired) electrons. The van der Waals surface area contributed by atoms with Crippen LogP contribution in [-0.2, 0) is 14.3 Å². The number of ketones is 1. The van der Waals surface area contributed by atoms with Crippen LogP contribution < -0.4 is 0 Å². The third-order valence-electron chi connectivity index (χ3n) is 4.92. The Morgan fingerprint density at radius 3 is 2.52 bits per heavy atom. The minimum Gasteiger partial charge on any atom is -0.463 e. The standard InChI is InChI=1S/C17H28O4/c1-6-21-15(19)10-12(2)14(18)11-17(20)13(3)8-7-9-16(17,4)5/h10,13,20H,6-9,11H2,1-5H3/b12-10-. The predicted octanol–water partition coefficient (Wildman–Crippen LogP) is 3.03. The average molecular weight is 296 g/mol. The summed E-state index contributed by atoms with van der Waals surface area (Å²) in [6.45, 7) is 9.63. The van der Waals surface area contributed by atoms with Crippen molar-refractivity contribution < 1.29 is 19.4 Å². The highest BCUT2D eigenvalue weighted by atomic mass is 16.5. The zero-order valence-electron chi connectivity index (χ0n) is 13.9. The number of hydrogen-bond acceptors (Lipinski definition) is 4. The van der Waals surface area contributed by atoms with Crippen molar-refractivity contribution >= 4 is 11.8 Å². The Bertz CT molecular complexity index is 436. The van der Waals surface area contributed by atoms with Gasteiger partial charge >= 0.3 is 5.97 Å². The highest BCUT2D eigenvalue weighted by Crippen LogP contribution is 2.49. The van der Waals surface area contributed by atoms with Gasteiger partial charge in [0.2, 0.25) is 0 Å². The van der Waals surface area contributed by atoms with Crippen LogP contribution >= 0.6 is 0 Å². The Morgan fingerprint density at radius 1 is 1.38 bits per heavy atom. The molecule has 0 amide bonds. The summed E-state index contributed by atoms with van der Waals surface area (Å²) >= 11 is 0. The van der Waals surface area contributed by atoms with E-state index in [-0.39, 0.29) is 30.1 Å². The second-order valence-corrected chi connectivity index (χ2v) is 6.78. The van der Waals surface area contributed by atoms with Crippen LogP contribution in [0.3, 0.4) is 0 Å². The SMILES string of the molecule is CCOC(=O)/C=C(/C)C(=O)CC1(O)C(C)CCCC1(C)C. The molecule has 0 aromatic carbocycles. The summed E-state index contributed by atoms with van der Waals surface area (Å²) in [5.41, 5.74) is -0.980. The van der Waals surface area contributed by atoms with Gasteiger partial charge in [-0.15, -0.1) is 0 Å². The molecule has 4 nitrogen and oxygen atoms in total. The van der Waals surface area contributed by atoms with Crippen molar-refractivity contribution in [3.05, 3.63) is 11.6 Å². The maximum atomic E-state index is 12.4. The van der Waals surface area contributed by atoms with E-state index < -0.39 is 11.6 Å². The summed E-state index contributed by atoms with van der Waals surface area (Å²) in [6, 6.07) is 0. The first-order valence-electron chi connectivity index (χ1n) is 7.74. The molecule has 1 rings (SSSR count). The van der Waals surface area contributed by atoms with Gasteiger partial charge in [-0.05, 0) is 43.6 Å². The van der Waals surface area contributed by atoms with Gasteiger partial charge in [0.25, 0.3) is 0 Å². The number of carbonyl (C=O) groups excluding carboxylic acids is 2. The van der Waals surface area contributed by atoms with Gasteiger partial charge in [0.15, 0.2) is 5.78 Å². The predicted molar refractivity (Wildman–Crippen MR) is 81.8 cm³/mol. The molecule has 2 unspecified atom stereocenters. The normalized spacial score (nSPS) is 29.0. The minimum atomic E-state index is -1.02. The zero-order chi connectivity index (χ0) is 16.3. The Hall–Kier alpha value is -1.16. The molecule has 1 saturated carbocycles. The van der Waals surface area contributed by atoms with E-state index in [4.69, 9.17) is 4.74 Å². The van der Waals surface area contributed by atoms with Gasteiger partial charge in [0.05, 0.1) is 12.2 Å². The number of carbonyl (C=O) groups is 2. The van der Waals surface area contributed by atoms with Crippen molar-refractivity contribution in [2.45, 2.75) is 65.9 Å². The molecule has 0 heterocycles. The van der Waals surface area contributed by atoms with E-state index >= 15 is 0 Å². The van der Waals surface area contributed by atoms with Crippen LogP contribution in [0.2, 0.25) is 0 Å². The van der Waals surface area contributed by atoms with E-state index in [1.807, 2.05) is 20.8 Å². The third-order valence-corrected chi connectivity index (χ3v) is 4.92. The van der Waals surface area contributed by atoms with Crippen LogP contribution in [0.5, 0.6) is 0 Å². The van der Waals surface area contributed by atoms with Crippen molar-refractivity contribution in [2.24, 2.45) is 11.3 Å². The van der Waals surface area contributed by atoms with Crippen LogP contribution in [-0.4, -0.2) is 29.1 Å². The average Bonchev–Trinajstić information content (AvgIpc) is 2.36. The highest BCUT2D eigenvalue weighted by molar-refractivity contribution is 6.00. The number of esters is 1. The molecule has 0 aliphatic heterocycles. The molecule has 1 fully saturated rings. The molecule has 120 valence electrons. The van der Waals surface area contributed by atoms with Crippen molar-refractivity contribution in [2.75, 3.05) is 6.61 Å². The minimum absolute atomic E-state index is 0.0584. The first-order chi connectivity index (χ1) is 9.64. The fourth-order valence-corrected chi connectivity index (χ4v) is 3.21. The third kappa shape index (κ3) is 3.94. The van der Waals surface area contributed by atoms with Gasteiger partial charge in [-0.1, -0.05) is 27.2 Å². The lowest BCUT2D eigenvalue weighted by Crippen LogP contribution is -2.53. The molecular formula is C17H28O4. The van der Waals surface area contributed by atoms with Crippen molar-refractivity contribution in [3.8, 4) is 0 Å². The topological polar surface area (TPSA) is 63.6 Å². The molecule has 1 aliphatic carbocycles. The fraction of sp³-hybridized carbons (Fsp3) is 0.765. The molecule has 2 atom stereocenters. The summed E-state index contributed by atoms with van der Waals surface area (Å²) < 4.78 is 4.81. The number of hydrogen-bond donors (Lipinski definition) is 1. The molecule has 1 N–H and O–H groups in total. The molecule has 0 saturated heterocycles. The highest BCUT2D eigenvalue weighted by Gasteiger charge is 2.50. The van der Waals surface area contributed by atoms with E-state index in [1.165, 1.54) is 6.08 Å². The van der Waals surface area contributed by atoms with Gasteiger partial charge in [0.1, 0.15) is 0 Å². The summed E-state index contributed by atoms with van der Waals surface area (Å²) in [5, 5.41) is 11.1. The molecule has 0 aromatic rings. The van der Waals surface area contributed by atoms with E-state index in [2.05, 4.69) is 0 Å². The molecular weight excluding hydrogens is 268 g/mol. The zero-order valence-corrected chi connectivity index (χ0v) is 13.9. The molecule has 1 aliphatic rings. The van der Waals surface area contributed by atoms with Gasteiger partial charge in [-0.25, -0.2) is 4.79 Å². The van der Waals surface area contributed by atoms with E-state index in [9.17, 15) is 14.7 Å². The molecule has 4 heteroatoms. The molecule has 0 spiro atoms. The number of Topliss-reactive ketones (excluding diaryl/α,β-unsaturated/α-hetero) is 1. The lowest BCUT2D eigenvalue weighted by Gasteiger charge is -2.50. The van der Waals surface area contributed by atoms with E-state index in [0.29, 0.717) is 5.57 Å². The number of rotatable bonds is 5. The molecule has 0 bridgehead atoms. The van der Waals surface area contributed by atoms with Gasteiger partial charge in [-0.3, -0.25) is 4.79 Å². The summed E-state index contributed by atoms with van der Waals surface area (Å²) in [7, 11) is 0. The Morgan fingerprint density at radius 2 is 2.00 bits per heavy atom. The smallest absolute Gasteiger partial charge is 0.331 e. The molecule has 21 heavy (non-hydrogen) atoms. The lowest BCUT2D eigenvalue weighted by molar-refractivity contribution is -0.151. The van der Waals surface area contributed by atoms with Gasteiger partial charge < -0.3 is 9.84 Å². The second kappa shape index (κ2) is 6.73. The monoisotopic (exact) mass is 296 g/mol. The van der Waals surface area contributed by atoms with Crippen LogP contribution in [0.1, 0.15) is 60.3 Å². The van der Waals surface area contributed by atoms with Crippen LogP contribution in [0.25, 0.3) is 0 Å². The van der Waals surface area contributed by atoms with Crippen LogP contribution in [0.15, 0.2) is 11.6 Å². The largest absolute Gasteiger partial charge is 0.463 e. The first-order valence-corrected chi connectivity index (χ1v) is 7.74. The number of aliphatic hydroxyl groups is 1. The summed E-state index contributed by atoms with van der Waals surface area (Å²) in [6.07, 6.45) is 4.18.